The summed E-state index contributed by atoms with van der Waals surface area (Å²) < 4.78 is 1.00. The largest absolute Gasteiger partial charge is 0.338 e. The predicted octanol–water partition coefficient (Wildman–Crippen LogP) is 4.52. The van der Waals surface area contributed by atoms with E-state index in [1.165, 1.54) is 5.56 Å². The van der Waals surface area contributed by atoms with Gasteiger partial charge in [-0.3, -0.25) is 0 Å². The fraction of sp³-hybridized carbons (Fsp3) is 0.222. The van der Waals surface area contributed by atoms with Gasteiger partial charge < -0.3 is 4.84 Å². The van der Waals surface area contributed by atoms with Crippen molar-refractivity contribution in [2.45, 2.75) is 19.3 Å². The van der Waals surface area contributed by atoms with E-state index in [1.54, 1.807) is 0 Å². The predicted molar refractivity (Wildman–Crippen MR) is 89.7 cm³/mol. The van der Waals surface area contributed by atoms with Crippen LogP contribution < -0.4 is 0 Å². The molecule has 3 rings (SSSR count). The zero-order valence-corrected chi connectivity index (χ0v) is 13.8. The van der Waals surface area contributed by atoms with Gasteiger partial charge in [-0.05, 0) is 42.5 Å². The van der Waals surface area contributed by atoms with E-state index < -0.39 is 0 Å². The SMILES string of the molecule is C/C(=N/OC(=O)[C@@H]1C[C@@H]1c1ccccc1)c1ccc(Br)cc1. The first-order chi connectivity index (χ1) is 10.6. The van der Waals surface area contributed by atoms with Crippen LogP contribution in [0.4, 0.5) is 0 Å². The molecule has 0 amide bonds. The lowest BCUT2D eigenvalue weighted by atomic mass is 10.1. The number of nitrogens with zero attached hydrogens (tertiary/aromatic N) is 1. The second-order valence-electron chi connectivity index (χ2n) is 5.45. The monoisotopic (exact) mass is 357 g/mol. The number of halogens is 1. The minimum absolute atomic E-state index is 0.0659. The van der Waals surface area contributed by atoms with Crippen molar-refractivity contribution in [1.82, 2.24) is 0 Å². The van der Waals surface area contributed by atoms with Gasteiger partial charge in [0.15, 0.2) is 0 Å². The molecule has 0 radical (unpaired) electrons. The summed E-state index contributed by atoms with van der Waals surface area (Å²) in [5, 5.41) is 3.97. The number of benzene rings is 2. The highest BCUT2D eigenvalue weighted by atomic mass is 79.9. The summed E-state index contributed by atoms with van der Waals surface area (Å²) in [4.78, 5) is 17.1. The average molecular weight is 358 g/mol. The molecule has 0 N–H and O–H groups in total. The van der Waals surface area contributed by atoms with Gasteiger partial charge >= 0.3 is 5.97 Å². The van der Waals surface area contributed by atoms with Gasteiger partial charge in [0.2, 0.25) is 0 Å². The molecule has 1 saturated carbocycles. The Balaban J connectivity index is 1.59. The van der Waals surface area contributed by atoms with Gasteiger partial charge in [-0.25, -0.2) is 4.79 Å². The number of carbonyl (C=O) groups excluding carboxylic acids is 1. The minimum atomic E-state index is -0.245. The van der Waals surface area contributed by atoms with Gasteiger partial charge in [0.1, 0.15) is 0 Å². The molecule has 1 aliphatic rings. The van der Waals surface area contributed by atoms with Gasteiger partial charge in [0, 0.05) is 4.47 Å². The lowest BCUT2D eigenvalue weighted by molar-refractivity contribution is -0.145. The number of hydrogen-bond acceptors (Lipinski definition) is 3. The Hall–Kier alpha value is -1.94. The smallest absolute Gasteiger partial charge is 0.318 e. The molecule has 2 aromatic carbocycles. The van der Waals surface area contributed by atoms with Crippen molar-refractivity contribution >= 4 is 27.6 Å². The van der Waals surface area contributed by atoms with Crippen LogP contribution in [0.15, 0.2) is 64.2 Å². The van der Waals surface area contributed by atoms with Crippen molar-refractivity contribution in [3.63, 3.8) is 0 Å². The molecule has 0 aromatic heterocycles. The summed E-state index contributed by atoms with van der Waals surface area (Å²) in [7, 11) is 0. The van der Waals surface area contributed by atoms with E-state index in [1.807, 2.05) is 61.5 Å². The quantitative estimate of drug-likeness (QED) is 0.458. The molecule has 22 heavy (non-hydrogen) atoms. The molecule has 0 heterocycles. The van der Waals surface area contributed by atoms with E-state index in [0.29, 0.717) is 5.71 Å². The van der Waals surface area contributed by atoms with E-state index in [2.05, 4.69) is 21.1 Å². The van der Waals surface area contributed by atoms with Crippen molar-refractivity contribution in [1.29, 1.82) is 0 Å². The highest BCUT2D eigenvalue weighted by molar-refractivity contribution is 9.10. The van der Waals surface area contributed by atoms with Crippen LogP contribution in [-0.4, -0.2) is 11.7 Å². The number of hydrogen-bond donors (Lipinski definition) is 0. The highest BCUT2D eigenvalue weighted by Crippen LogP contribution is 2.48. The maximum atomic E-state index is 12.0. The molecule has 2 atom stereocenters. The first-order valence-corrected chi connectivity index (χ1v) is 8.01. The van der Waals surface area contributed by atoms with E-state index in [0.717, 1.165) is 16.5 Å². The van der Waals surface area contributed by atoms with E-state index in [-0.39, 0.29) is 17.8 Å². The number of oxime groups is 1. The molecule has 2 aromatic rings. The Bertz CT molecular complexity index is 695. The molecule has 1 aliphatic carbocycles. The lowest BCUT2D eigenvalue weighted by Crippen LogP contribution is -2.06. The second kappa shape index (κ2) is 6.44. The third kappa shape index (κ3) is 3.45. The summed E-state index contributed by atoms with van der Waals surface area (Å²) in [6.07, 6.45) is 0.843. The van der Waals surface area contributed by atoms with E-state index >= 15 is 0 Å². The molecule has 1 fully saturated rings. The Morgan fingerprint density at radius 1 is 1.14 bits per heavy atom. The molecule has 0 saturated heterocycles. The van der Waals surface area contributed by atoms with Crippen LogP contribution in [0.1, 0.15) is 30.4 Å². The van der Waals surface area contributed by atoms with Crippen LogP contribution >= 0.6 is 15.9 Å². The Labute approximate surface area is 138 Å². The molecule has 0 bridgehead atoms. The number of rotatable bonds is 4. The summed E-state index contributed by atoms with van der Waals surface area (Å²) in [5.74, 6) is -0.0360. The lowest BCUT2D eigenvalue weighted by Gasteiger charge is -2.02. The van der Waals surface area contributed by atoms with Crippen LogP contribution in [0.2, 0.25) is 0 Å². The molecule has 3 nitrogen and oxygen atoms in total. The first-order valence-electron chi connectivity index (χ1n) is 7.21. The highest BCUT2D eigenvalue weighted by Gasteiger charge is 2.45. The van der Waals surface area contributed by atoms with E-state index in [4.69, 9.17) is 4.84 Å². The van der Waals surface area contributed by atoms with E-state index in [9.17, 15) is 4.79 Å². The van der Waals surface area contributed by atoms with Crippen molar-refractivity contribution in [3.8, 4) is 0 Å². The molecule has 0 aliphatic heterocycles. The van der Waals surface area contributed by atoms with Gasteiger partial charge in [0.25, 0.3) is 0 Å². The molecular weight excluding hydrogens is 342 g/mol. The Morgan fingerprint density at radius 2 is 1.82 bits per heavy atom. The molecule has 0 spiro atoms. The van der Waals surface area contributed by atoms with Crippen molar-refractivity contribution in [2.75, 3.05) is 0 Å². The maximum Gasteiger partial charge on any atom is 0.338 e. The fourth-order valence-electron chi connectivity index (χ4n) is 2.45. The van der Waals surface area contributed by atoms with Gasteiger partial charge in [-0.15, -0.1) is 0 Å². The Kier molecular flexibility index (Phi) is 4.39. The zero-order valence-electron chi connectivity index (χ0n) is 12.2. The van der Waals surface area contributed by atoms with Crippen LogP contribution in [-0.2, 0) is 9.63 Å². The molecule has 0 unspecified atom stereocenters. The standard InChI is InChI=1S/C18H16BrNO2/c1-12(13-7-9-15(19)10-8-13)20-22-18(21)17-11-16(17)14-5-3-2-4-6-14/h2-10,16-17H,11H2,1H3/b20-12-/t16-,17-/m1/s1. The van der Waals surface area contributed by atoms with Crippen LogP contribution in [0.5, 0.6) is 0 Å². The Morgan fingerprint density at radius 3 is 2.50 bits per heavy atom. The van der Waals surface area contributed by atoms with Gasteiger partial charge in [-0.2, -0.15) is 0 Å². The molecule has 4 heteroatoms. The van der Waals surface area contributed by atoms with Crippen LogP contribution in [0.3, 0.4) is 0 Å². The summed E-state index contributed by atoms with van der Waals surface area (Å²) in [5.41, 5.74) is 2.82. The van der Waals surface area contributed by atoms with Gasteiger partial charge in [-0.1, -0.05) is 63.6 Å². The minimum Gasteiger partial charge on any atom is -0.318 e. The fourth-order valence-corrected chi connectivity index (χ4v) is 2.71. The summed E-state index contributed by atoms with van der Waals surface area (Å²) in [6.45, 7) is 1.83. The summed E-state index contributed by atoms with van der Waals surface area (Å²) in [6, 6.07) is 17.8. The summed E-state index contributed by atoms with van der Waals surface area (Å²) >= 11 is 3.39. The van der Waals surface area contributed by atoms with Crippen molar-refractivity contribution in [2.24, 2.45) is 11.1 Å². The molecule has 112 valence electrons. The number of carbonyl (C=O) groups is 1. The first kappa shape index (κ1) is 15.0. The van der Waals surface area contributed by atoms with Crippen LogP contribution in [0, 0.1) is 5.92 Å². The van der Waals surface area contributed by atoms with Crippen LogP contribution in [0.25, 0.3) is 0 Å². The third-order valence-corrected chi connectivity index (χ3v) is 4.38. The third-order valence-electron chi connectivity index (χ3n) is 3.86. The topological polar surface area (TPSA) is 38.7 Å². The second-order valence-corrected chi connectivity index (χ2v) is 6.37. The zero-order chi connectivity index (χ0) is 15.5. The van der Waals surface area contributed by atoms with Crippen molar-refractivity contribution < 1.29 is 9.63 Å². The van der Waals surface area contributed by atoms with Gasteiger partial charge in [0.05, 0.1) is 11.6 Å². The van der Waals surface area contributed by atoms with Crippen molar-refractivity contribution in [3.05, 3.63) is 70.2 Å². The maximum absolute atomic E-state index is 12.0. The molecular formula is C18H16BrNO2. The normalized spacial score (nSPS) is 20.5. The average Bonchev–Trinajstić information content (AvgIpc) is 3.34.